The molecule has 0 unspecified atom stereocenters. The van der Waals surface area contributed by atoms with E-state index >= 15 is 0 Å². The van der Waals surface area contributed by atoms with Crippen LogP contribution in [0.1, 0.15) is 57.9 Å². The topological polar surface area (TPSA) is 33.3 Å². The third-order valence-electron chi connectivity index (χ3n) is 4.84. The van der Waals surface area contributed by atoms with E-state index in [1.165, 1.54) is 44.1 Å². The first-order valence-corrected chi connectivity index (χ1v) is 8.92. The van der Waals surface area contributed by atoms with Crippen LogP contribution in [0.4, 0.5) is 5.69 Å². The standard InChI is InChI=1S/C19H30N2O/c1-19(2)14-21-17-13-15(9-10-18(17)22-19)11-12-20-16-7-5-3-4-6-8-16/h9-10,13,16,20-21H,3-8,11-12,14H2,1-2H3. The molecule has 3 rings (SSSR count). The lowest BCUT2D eigenvalue weighted by Crippen LogP contribution is -2.40. The molecule has 0 radical (unpaired) electrons. The average molecular weight is 302 g/mol. The van der Waals surface area contributed by atoms with Crippen LogP contribution < -0.4 is 15.4 Å². The van der Waals surface area contributed by atoms with Crippen LogP contribution in [0.25, 0.3) is 0 Å². The highest BCUT2D eigenvalue weighted by atomic mass is 16.5. The number of nitrogens with one attached hydrogen (secondary N) is 2. The molecule has 0 bridgehead atoms. The van der Waals surface area contributed by atoms with E-state index in [-0.39, 0.29) is 5.60 Å². The second-order valence-electron chi connectivity index (χ2n) is 7.44. The number of hydrogen-bond acceptors (Lipinski definition) is 3. The second kappa shape index (κ2) is 6.91. The summed E-state index contributed by atoms with van der Waals surface area (Å²) in [5, 5.41) is 7.25. The molecule has 1 aromatic carbocycles. The molecular formula is C19H30N2O. The largest absolute Gasteiger partial charge is 0.484 e. The number of hydrogen-bond donors (Lipinski definition) is 2. The third-order valence-corrected chi connectivity index (χ3v) is 4.84. The molecule has 3 heteroatoms. The maximum absolute atomic E-state index is 6.01. The summed E-state index contributed by atoms with van der Waals surface area (Å²) in [5.41, 5.74) is 2.41. The Hall–Kier alpha value is -1.22. The molecule has 3 nitrogen and oxygen atoms in total. The van der Waals surface area contributed by atoms with Crippen molar-refractivity contribution >= 4 is 5.69 Å². The zero-order valence-corrected chi connectivity index (χ0v) is 14.1. The molecule has 1 heterocycles. The van der Waals surface area contributed by atoms with Gasteiger partial charge in [-0.05, 0) is 57.4 Å². The predicted molar refractivity (Wildman–Crippen MR) is 92.8 cm³/mol. The minimum absolute atomic E-state index is 0.116. The van der Waals surface area contributed by atoms with Gasteiger partial charge < -0.3 is 15.4 Å². The fraction of sp³-hybridized carbons (Fsp3) is 0.684. The Kier molecular flexibility index (Phi) is 4.92. The predicted octanol–water partition coefficient (Wildman–Crippen LogP) is 4.12. The van der Waals surface area contributed by atoms with Gasteiger partial charge in [-0.3, -0.25) is 0 Å². The Labute approximate surface area is 134 Å². The summed E-state index contributed by atoms with van der Waals surface area (Å²) in [5.74, 6) is 0.983. The van der Waals surface area contributed by atoms with Crippen molar-refractivity contribution < 1.29 is 4.74 Å². The minimum atomic E-state index is -0.116. The van der Waals surface area contributed by atoms with Crippen LogP contribution in [0.3, 0.4) is 0 Å². The van der Waals surface area contributed by atoms with Crippen LogP contribution in [0, 0.1) is 0 Å². The van der Waals surface area contributed by atoms with Gasteiger partial charge in [-0.2, -0.15) is 0 Å². The van der Waals surface area contributed by atoms with E-state index in [1.54, 1.807) is 0 Å². The minimum Gasteiger partial charge on any atom is -0.484 e. The Morgan fingerprint density at radius 1 is 1.18 bits per heavy atom. The van der Waals surface area contributed by atoms with Crippen LogP contribution in [0.2, 0.25) is 0 Å². The molecule has 22 heavy (non-hydrogen) atoms. The van der Waals surface area contributed by atoms with E-state index < -0.39 is 0 Å². The summed E-state index contributed by atoms with van der Waals surface area (Å²) in [6.07, 6.45) is 9.44. The van der Waals surface area contributed by atoms with Gasteiger partial charge in [0.15, 0.2) is 0 Å². The molecule has 0 atom stereocenters. The lowest BCUT2D eigenvalue weighted by atomic mass is 10.0. The average Bonchev–Trinajstić information content (AvgIpc) is 2.75. The van der Waals surface area contributed by atoms with E-state index in [4.69, 9.17) is 4.74 Å². The SMILES string of the molecule is CC1(C)CNc2cc(CCNC3CCCCCC3)ccc2O1. The molecule has 1 aliphatic heterocycles. The lowest BCUT2D eigenvalue weighted by Gasteiger charge is -2.33. The molecule has 0 amide bonds. The van der Waals surface area contributed by atoms with Gasteiger partial charge in [0.05, 0.1) is 12.2 Å². The van der Waals surface area contributed by atoms with Crippen LogP contribution in [0.15, 0.2) is 18.2 Å². The molecule has 1 fully saturated rings. The first-order valence-electron chi connectivity index (χ1n) is 8.92. The Morgan fingerprint density at radius 3 is 2.73 bits per heavy atom. The van der Waals surface area contributed by atoms with Crippen molar-refractivity contribution in [3.8, 4) is 5.75 Å². The third kappa shape index (κ3) is 4.16. The number of ether oxygens (including phenoxy) is 1. The van der Waals surface area contributed by atoms with E-state index in [0.29, 0.717) is 0 Å². The van der Waals surface area contributed by atoms with E-state index in [1.807, 2.05) is 0 Å². The molecule has 1 saturated carbocycles. The molecule has 0 spiro atoms. The lowest BCUT2D eigenvalue weighted by molar-refractivity contribution is 0.116. The summed E-state index contributed by atoms with van der Waals surface area (Å²) >= 11 is 0. The van der Waals surface area contributed by atoms with Gasteiger partial charge in [-0.1, -0.05) is 31.7 Å². The van der Waals surface area contributed by atoms with E-state index in [9.17, 15) is 0 Å². The quantitative estimate of drug-likeness (QED) is 0.821. The summed E-state index contributed by atoms with van der Waals surface area (Å²) < 4.78 is 6.01. The summed E-state index contributed by atoms with van der Waals surface area (Å²) in [4.78, 5) is 0. The van der Waals surface area contributed by atoms with Crippen molar-refractivity contribution in [3.63, 3.8) is 0 Å². The summed E-state index contributed by atoms with van der Waals surface area (Å²) in [7, 11) is 0. The van der Waals surface area contributed by atoms with Crippen LogP contribution in [-0.2, 0) is 6.42 Å². The van der Waals surface area contributed by atoms with Crippen molar-refractivity contribution in [1.29, 1.82) is 0 Å². The molecule has 1 aromatic rings. The molecule has 0 aromatic heterocycles. The summed E-state index contributed by atoms with van der Waals surface area (Å²) in [6.45, 7) is 6.18. The van der Waals surface area contributed by atoms with Crippen molar-refractivity contribution in [2.24, 2.45) is 0 Å². The van der Waals surface area contributed by atoms with Crippen LogP contribution >= 0.6 is 0 Å². The maximum Gasteiger partial charge on any atom is 0.143 e. The monoisotopic (exact) mass is 302 g/mol. The maximum atomic E-state index is 6.01. The van der Waals surface area contributed by atoms with Crippen LogP contribution in [-0.4, -0.2) is 24.7 Å². The van der Waals surface area contributed by atoms with Gasteiger partial charge in [-0.15, -0.1) is 0 Å². The second-order valence-corrected chi connectivity index (χ2v) is 7.44. The van der Waals surface area contributed by atoms with Crippen molar-refractivity contribution in [3.05, 3.63) is 23.8 Å². The normalized spacial score (nSPS) is 21.4. The Balaban J connectivity index is 1.51. The smallest absolute Gasteiger partial charge is 0.143 e. The zero-order valence-electron chi connectivity index (χ0n) is 14.1. The first kappa shape index (κ1) is 15.7. The number of rotatable bonds is 4. The summed E-state index contributed by atoms with van der Waals surface area (Å²) in [6, 6.07) is 7.31. The Morgan fingerprint density at radius 2 is 1.95 bits per heavy atom. The van der Waals surface area contributed by atoms with Crippen molar-refractivity contribution in [1.82, 2.24) is 5.32 Å². The van der Waals surface area contributed by atoms with Gasteiger partial charge >= 0.3 is 0 Å². The number of benzene rings is 1. The fourth-order valence-corrected chi connectivity index (χ4v) is 3.51. The van der Waals surface area contributed by atoms with Gasteiger partial charge in [0.1, 0.15) is 11.4 Å². The highest BCUT2D eigenvalue weighted by molar-refractivity contribution is 5.60. The van der Waals surface area contributed by atoms with E-state index in [2.05, 4.69) is 42.7 Å². The number of fused-ring (bicyclic) bond motifs is 1. The van der Waals surface area contributed by atoms with Gasteiger partial charge in [0.2, 0.25) is 0 Å². The van der Waals surface area contributed by atoms with Gasteiger partial charge in [0, 0.05) is 6.04 Å². The van der Waals surface area contributed by atoms with Crippen molar-refractivity contribution in [2.75, 3.05) is 18.4 Å². The van der Waals surface area contributed by atoms with Crippen LogP contribution in [0.5, 0.6) is 5.75 Å². The molecule has 0 saturated heterocycles. The first-order chi connectivity index (χ1) is 10.6. The van der Waals surface area contributed by atoms with E-state index in [0.717, 1.165) is 37.0 Å². The molecule has 1 aliphatic carbocycles. The highest BCUT2D eigenvalue weighted by Gasteiger charge is 2.26. The zero-order chi connectivity index (χ0) is 15.4. The fourth-order valence-electron chi connectivity index (χ4n) is 3.51. The van der Waals surface area contributed by atoms with Crippen molar-refractivity contribution in [2.45, 2.75) is 70.4 Å². The molecular weight excluding hydrogens is 272 g/mol. The molecule has 2 aliphatic rings. The number of anilines is 1. The Bertz CT molecular complexity index is 490. The van der Waals surface area contributed by atoms with Gasteiger partial charge in [0.25, 0.3) is 0 Å². The van der Waals surface area contributed by atoms with Gasteiger partial charge in [-0.25, -0.2) is 0 Å². The highest BCUT2D eigenvalue weighted by Crippen LogP contribution is 2.33. The molecule has 2 N–H and O–H groups in total. The molecule has 122 valence electrons.